The molecule has 2 heteroatoms. The first kappa shape index (κ1) is 6.25. The minimum absolute atomic E-state index is 0.305. The maximum atomic E-state index is 5.43. The van der Waals surface area contributed by atoms with Gasteiger partial charge in [0.1, 0.15) is 8.83 Å². The normalized spacial score (nSPS) is 12.3. The Morgan fingerprint density at radius 2 is 2.50 bits per heavy atom. The molecule has 0 nitrogen and oxygen atoms in total. The summed E-state index contributed by atoms with van der Waals surface area (Å²) in [5, 5.41) is 0. The Morgan fingerprint density at radius 3 is 2.67 bits per heavy atom. The van der Waals surface area contributed by atoms with E-state index < -0.39 is 0 Å². The largest absolute Gasteiger partial charge is 0.171 e. The fourth-order valence-electron chi connectivity index (χ4n) is 0.230. The first-order chi connectivity index (χ1) is 2.91. The molecular formula is C4H9ClSi. The molecule has 0 aromatic carbocycles. The molecule has 0 fully saturated rings. The molecule has 0 saturated heterocycles. The van der Waals surface area contributed by atoms with Crippen LogP contribution in [-0.4, -0.2) is 8.83 Å². The van der Waals surface area contributed by atoms with Crippen LogP contribution >= 0.6 is 11.1 Å². The van der Waals surface area contributed by atoms with E-state index >= 15 is 0 Å². The zero-order valence-corrected chi connectivity index (χ0v) is 6.12. The third kappa shape index (κ3) is 4.25. The van der Waals surface area contributed by atoms with Crippen LogP contribution in [-0.2, 0) is 0 Å². The molecule has 36 valence electrons. The van der Waals surface area contributed by atoms with E-state index in [1.165, 1.54) is 0 Å². The maximum absolute atomic E-state index is 5.43. The Balaban J connectivity index is 2.73. The smallest absolute Gasteiger partial charge is 0.148 e. The van der Waals surface area contributed by atoms with Crippen molar-refractivity contribution in [3.05, 3.63) is 11.8 Å². The van der Waals surface area contributed by atoms with Crippen molar-refractivity contribution in [2.75, 3.05) is 0 Å². The second-order valence-electron chi connectivity index (χ2n) is 1.03. The molecule has 0 atom stereocenters. The summed E-state index contributed by atoms with van der Waals surface area (Å²) in [5.74, 6) is 0. The number of halogens is 1. The molecule has 0 aliphatic heterocycles. The molecule has 0 aromatic rings. The van der Waals surface area contributed by atoms with Crippen molar-refractivity contribution >= 4 is 19.9 Å². The topological polar surface area (TPSA) is 0 Å². The first-order valence-electron chi connectivity index (χ1n) is 2.12. The molecule has 0 radical (unpaired) electrons. The molecule has 0 N–H and O–H groups in total. The van der Waals surface area contributed by atoms with Gasteiger partial charge in [0.15, 0.2) is 0 Å². The molecule has 0 unspecified atom stereocenters. The molecule has 0 heterocycles. The molecule has 0 amide bonds. The lowest BCUT2D eigenvalue weighted by Gasteiger charge is -1.70. The van der Waals surface area contributed by atoms with E-state index in [-0.39, 0.29) is 8.83 Å². The Kier molecular flexibility index (Phi) is 5.46. The average molecular weight is 121 g/mol. The van der Waals surface area contributed by atoms with E-state index in [1.54, 1.807) is 0 Å². The molecule has 0 rings (SSSR count). The van der Waals surface area contributed by atoms with Crippen LogP contribution in [0.15, 0.2) is 11.8 Å². The van der Waals surface area contributed by atoms with Gasteiger partial charge in [0.05, 0.1) is 0 Å². The van der Waals surface area contributed by atoms with Crippen LogP contribution in [0.2, 0.25) is 0 Å². The van der Waals surface area contributed by atoms with E-state index in [0.717, 1.165) is 6.42 Å². The third-order valence-electron chi connectivity index (χ3n) is 0.491. The summed E-state index contributed by atoms with van der Waals surface area (Å²) < 4.78 is 0. The number of rotatable bonds is 2. The molecule has 0 aromatic heterocycles. The fraction of sp³-hybridized carbons (Fsp3) is 0.500. The summed E-state index contributed by atoms with van der Waals surface area (Å²) in [6, 6.07) is 0. The van der Waals surface area contributed by atoms with Crippen LogP contribution in [0.1, 0.15) is 13.3 Å². The number of allylic oxidation sites excluding steroid dienone is 1. The molecule has 0 aliphatic rings. The second-order valence-corrected chi connectivity index (χ2v) is 2.74. The van der Waals surface area contributed by atoms with Crippen molar-refractivity contribution in [1.29, 1.82) is 0 Å². The summed E-state index contributed by atoms with van der Waals surface area (Å²) >= 11 is 5.43. The summed E-state index contributed by atoms with van der Waals surface area (Å²) in [6.07, 6.45) is 3.24. The fourth-order valence-corrected chi connectivity index (χ4v) is 1.07. The zero-order valence-electron chi connectivity index (χ0n) is 3.95. The molecule has 0 aliphatic carbocycles. The quantitative estimate of drug-likeness (QED) is 0.380. The summed E-state index contributed by atoms with van der Waals surface area (Å²) in [6.45, 7) is 2.11. The van der Waals surface area contributed by atoms with Gasteiger partial charge in [0, 0.05) is 0 Å². The van der Waals surface area contributed by atoms with Crippen LogP contribution < -0.4 is 0 Å². The Hall–Kier alpha value is 0.247. The van der Waals surface area contributed by atoms with E-state index in [4.69, 9.17) is 11.1 Å². The maximum Gasteiger partial charge on any atom is 0.148 e. The SMILES string of the molecule is CC/C=C/[SiH2]Cl. The van der Waals surface area contributed by atoms with Gasteiger partial charge in [-0.25, -0.2) is 0 Å². The monoisotopic (exact) mass is 120 g/mol. The average Bonchev–Trinajstić information content (AvgIpc) is 1.61. The van der Waals surface area contributed by atoms with Crippen molar-refractivity contribution in [1.82, 2.24) is 0 Å². The van der Waals surface area contributed by atoms with Crippen LogP contribution in [0.5, 0.6) is 0 Å². The summed E-state index contributed by atoms with van der Waals surface area (Å²) in [5.41, 5.74) is 2.08. The summed E-state index contributed by atoms with van der Waals surface area (Å²) in [7, 11) is -0.305. The van der Waals surface area contributed by atoms with E-state index in [9.17, 15) is 0 Å². The van der Waals surface area contributed by atoms with Gasteiger partial charge in [-0.15, -0.1) is 0 Å². The first-order valence-corrected chi connectivity index (χ1v) is 5.08. The van der Waals surface area contributed by atoms with Gasteiger partial charge < -0.3 is 0 Å². The molecule has 0 spiro atoms. The van der Waals surface area contributed by atoms with Crippen LogP contribution in [0.3, 0.4) is 0 Å². The Morgan fingerprint density at radius 1 is 1.83 bits per heavy atom. The molecule has 6 heavy (non-hydrogen) atoms. The van der Waals surface area contributed by atoms with Crippen LogP contribution in [0.25, 0.3) is 0 Å². The standard InChI is InChI=1S/C4H9ClSi/c1-2-3-4-6-5/h3-4H,2,6H2,1H3/b4-3+. The van der Waals surface area contributed by atoms with Crippen molar-refractivity contribution in [2.45, 2.75) is 13.3 Å². The third-order valence-corrected chi connectivity index (χ3v) is 1.54. The van der Waals surface area contributed by atoms with Gasteiger partial charge in [0.25, 0.3) is 0 Å². The molecule has 0 saturated carbocycles. The highest BCUT2D eigenvalue weighted by atomic mass is 35.6. The van der Waals surface area contributed by atoms with Crippen molar-refractivity contribution in [2.24, 2.45) is 0 Å². The predicted octanol–water partition coefficient (Wildman–Crippen LogP) is 1.23. The Bertz CT molecular complexity index is 36.8. The summed E-state index contributed by atoms with van der Waals surface area (Å²) in [4.78, 5) is 0. The number of hydrogen-bond donors (Lipinski definition) is 0. The number of hydrogen-bond acceptors (Lipinski definition) is 0. The zero-order chi connectivity index (χ0) is 4.83. The van der Waals surface area contributed by atoms with Crippen molar-refractivity contribution in [3.63, 3.8) is 0 Å². The van der Waals surface area contributed by atoms with Gasteiger partial charge in [-0.05, 0) is 6.42 Å². The highest BCUT2D eigenvalue weighted by Gasteiger charge is 1.63. The van der Waals surface area contributed by atoms with Gasteiger partial charge >= 0.3 is 0 Å². The van der Waals surface area contributed by atoms with Gasteiger partial charge in [0.2, 0.25) is 0 Å². The highest BCUT2D eigenvalue weighted by molar-refractivity contribution is 6.96. The Labute approximate surface area is 45.7 Å². The van der Waals surface area contributed by atoms with Crippen LogP contribution in [0.4, 0.5) is 0 Å². The van der Waals surface area contributed by atoms with E-state index in [0.29, 0.717) is 0 Å². The van der Waals surface area contributed by atoms with E-state index in [2.05, 4.69) is 18.7 Å². The highest BCUT2D eigenvalue weighted by Crippen LogP contribution is 1.77. The van der Waals surface area contributed by atoms with E-state index in [1.807, 2.05) is 0 Å². The van der Waals surface area contributed by atoms with Crippen LogP contribution in [0, 0.1) is 0 Å². The second kappa shape index (κ2) is 5.25. The predicted molar refractivity (Wildman–Crippen MR) is 33.8 cm³/mol. The minimum atomic E-state index is -0.305. The van der Waals surface area contributed by atoms with Gasteiger partial charge in [-0.1, -0.05) is 18.7 Å². The molecule has 0 bridgehead atoms. The van der Waals surface area contributed by atoms with Crippen molar-refractivity contribution < 1.29 is 0 Å². The van der Waals surface area contributed by atoms with Crippen molar-refractivity contribution in [3.8, 4) is 0 Å². The lowest BCUT2D eigenvalue weighted by atomic mass is 10.5. The minimum Gasteiger partial charge on any atom is -0.171 e. The van der Waals surface area contributed by atoms with Gasteiger partial charge in [-0.3, -0.25) is 0 Å². The van der Waals surface area contributed by atoms with Gasteiger partial charge in [-0.2, -0.15) is 11.1 Å². The lowest BCUT2D eigenvalue weighted by molar-refractivity contribution is 1.23. The molecular weight excluding hydrogens is 112 g/mol. The lowest BCUT2D eigenvalue weighted by Crippen LogP contribution is -1.62.